The van der Waals surface area contributed by atoms with E-state index in [0.717, 1.165) is 25.1 Å². The van der Waals surface area contributed by atoms with Gasteiger partial charge in [0.25, 0.3) is 0 Å². The molecule has 0 unspecified atom stereocenters. The fourth-order valence-electron chi connectivity index (χ4n) is 2.48. The lowest BCUT2D eigenvalue weighted by atomic mass is 9.82. The van der Waals surface area contributed by atoms with Gasteiger partial charge in [0.05, 0.1) is 19.1 Å². The maximum atomic E-state index is 11.2. The van der Waals surface area contributed by atoms with Gasteiger partial charge in [-0.05, 0) is 51.3 Å². The lowest BCUT2D eigenvalue weighted by Gasteiger charge is -2.35. The Kier molecular flexibility index (Phi) is 6.05. The lowest BCUT2D eigenvalue weighted by molar-refractivity contribution is -0.143. The lowest BCUT2D eigenvalue weighted by Crippen LogP contribution is -2.40. The van der Waals surface area contributed by atoms with E-state index in [2.05, 4.69) is 24.4 Å². The van der Waals surface area contributed by atoms with Crippen LogP contribution >= 0.6 is 0 Å². The highest BCUT2D eigenvalue weighted by atomic mass is 16.5. The van der Waals surface area contributed by atoms with E-state index in [1.807, 2.05) is 19.1 Å². The zero-order valence-electron chi connectivity index (χ0n) is 12.9. The Hall–Kier alpha value is -1.55. The summed E-state index contributed by atoms with van der Waals surface area (Å²) in [5, 5.41) is 3.31. The van der Waals surface area contributed by atoms with Crippen LogP contribution in [0.3, 0.4) is 0 Å². The van der Waals surface area contributed by atoms with Crippen LogP contribution in [0.15, 0.2) is 24.3 Å². The van der Waals surface area contributed by atoms with Gasteiger partial charge in [-0.1, -0.05) is 17.7 Å². The van der Waals surface area contributed by atoms with Crippen molar-refractivity contribution < 1.29 is 14.3 Å². The summed E-state index contributed by atoms with van der Waals surface area (Å²) in [4.78, 5) is 11.2. The van der Waals surface area contributed by atoms with E-state index < -0.39 is 0 Å². The first-order valence-corrected chi connectivity index (χ1v) is 7.77. The molecule has 0 bridgehead atoms. The predicted molar refractivity (Wildman–Crippen MR) is 82.4 cm³/mol. The molecule has 0 atom stereocenters. The van der Waals surface area contributed by atoms with Crippen LogP contribution in [0.2, 0.25) is 0 Å². The van der Waals surface area contributed by atoms with Crippen molar-refractivity contribution in [3.8, 4) is 5.75 Å². The molecule has 2 rings (SSSR count). The van der Waals surface area contributed by atoms with Gasteiger partial charge >= 0.3 is 5.97 Å². The second-order valence-corrected chi connectivity index (χ2v) is 5.65. The Morgan fingerprint density at radius 1 is 1.29 bits per heavy atom. The highest BCUT2D eigenvalue weighted by molar-refractivity contribution is 5.69. The highest BCUT2D eigenvalue weighted by Crippen LogP contribution is 2.30. The van der Waals surface area contributed by atoms with Gasteiger partial charge in [-0.3, -0.25) is 4.79 Å². The monoisotopic (exact) mass is 291 g/mol. The molecule has 0 spiro atoms. The van der Waals surface area contributed by atoms with Gasteiger partial charge in [-0.25, -0.2) is 0 Å². The van der Waals surface area contributed by atoms with Crippen molar-refractivity contribution in [1.29, 1.82) is 0 Å². The van der Waals surface area contributed by atoms with Crippen molar-refractivity contribution in [1.82, 2.24) is 5.32 Å². The summed E-state index contributed by atoms with van der Waals surface area (Å²) in [7, 11) is 0. The van der Waals surface area contributed by atoms with Crippen molar-refractivity contribution >= 4 is 5.97 Å². The van der Waals surface area contributed by atoms with Gasteiger partial charge in [0.15, 0.2) is 0 Å². The number of ether oxygens (including phenoxy) is 2. The molecule has 0 radical (unpaired) electrons. The van der Waals surface area contributed by atoms with Crippen LogP contribution in [-0.4, -0.2) is 31.8 Å². The Morgan fingerprint density at radius 3 is 2.67 bits per heavy atom. The van der Waals surface area contributed by atoms with E-state index >= 15 is 0 Å². The fourth-order valence-corrected chi connectivity index (χ4v) is 2.48. The van der Waals surface area contributed by atoms with E-state index in [0.29, 0.717) is 31.6 Å². The number of benzene rings is 1. The molecule has 1 aliphatic rings. The summed E-state index contributed by atoms with van der Waals surface area (Å²) < 4.78 is 10.8. The normalized spacial score (nSPS) is 20.7. The molecule has 1 aliphatic carbocycles. The molecule has 1 fully saturated rings. The zero-order chi connectivity index (χ0) is 15.1. The second-order valence-electron chi connectivity index (χ2n) is 5.65. The highest BCUT2D eigenvalue weighted by Gasteiger charge is 2.30. The average Bonchev–Trinajstić information content (AvgIpc) is 2.42. The molecule has 1 N–H and O–H groups in total. The minimum atomic E-state index is -0.126. The van der Waals surface area contributed by atoms with Gasteiger partial charge in [-0.15, -0.1) is 0 Å². The van der Waals surface area contributed by atoms with Crippen LogP contribution in [0.4, 0.5) is 0 Å². The van der Waals surface area contributed by atoms with Gasteiger partial charge in [-0.2, -0.15) is 0 Å². The van der Waals surface area contributed by atoms with Crippen molar-refractivity contribution in [3.05, 3.63) is 29.8 Å². The number of carbonyl (C=O) groups excluding carboxylic acids is 1. The number of rotatable bonds is 8. The Bertz CT molecular complexity index is 438. The van der Waals surface area contributed by atoms with Gasteiger partial charge in [0.2, 0.25) is 0 Å². The molecule has 21 heavy (non-hydrogen) atoms. The number of hydrogen-bond acceptors (Lipinski definition) is 4. The van der Waals surface area contributed by atoms with Gasteiger partial charge in [0, 0.05) is 6.54 Å². The molecule has 0 heterocycles. The first kappa shape index (κ1) is 15.8. The summed E-state index contributed by atoms with van der Waals surface area (Å²) in [6, 6.07) is 8.20. The van der Waals surface area contributed by atoms with E-state index in [1.54, 1.807) is 0 Å². The third-order valence-corrected chi connectivity index (χ3v) is 3.76. The minimum absolute atomic E-state index is 0.126. The summed E-state index contributed by atoms with van der Waals surface area (Å²) >= 11 is 0. The SMILES string of the molecule is CCOC(=O)CCNC[C@H]1C[C@H](Oc2ccc(C)cc2)C1. The molecule has 4 heteroatoms. The number of esters is 1. The molecule has 1 aromatic carbocycles. The molecule has 0 aromatic heterocycles. The smallest absolute Gasteiger partial charge is 0.307 e. The molecule has 0 saturated heterocycles. The molecule has 116 valence electrons. The predicted octanol–water partition coefficient (Wildman–Crippen LogP) is 2.70. The average molecular weight is 291 g/mol. The van der Waals surface area contributed by atoms with Gasteiger partial charge in [0.1, 0.15) is 5.75 Å². The van der Waals surface area contributed by atoms with Crippen LogP contribution < -0.4 is 10.1 Å². The summed E-state index contributed by atoms with van der Waals surface area (Å²) in [6.45, 7) is 6.00. The summed E-state index contributed by atoms with van der Waals surface area (Å²) in [6.07, 6.45) is 2.95. The van der Waals surface area contributed by atoms with Crippen molar-refractivity contribution in [2.45, 2.75) is 39.2 Å². The molecule has 1 aromatic rings. The first-order chi connectivity index (χ1) is 10.2. The van der Waals surface area contributed by atoms with Crippen LogP contribution in [0.5, 0.6) is 5.75 Å². The number of nitrogens with one attached hydrogen (secondary N) is 1. The Balaban J connectivity index is 1.53. The van der Waals surface area contributed by atoms with E-state index in [4.69, 9.17) is 9.47 Å². The molecule has 1 saturated carbocycles. The van der Waals surface area contributed by atoms with E-state index in [1.165, 1.54) is 5.56 Å². The van der Waals surface area contributed by atoms with E-state index in [-0.39, 0.29) is 5.97 Å². The Labute approximate surface area is 126 Å². The molecular formula is C17H25NO3. The maximum Gasteiger partial charge on any atom is 0.307 e. The number of carbonyl (C=O) groups is 1. The van der Waals surface area contributed by atoms with Crippen LogP contribution in [0, 0.1) is 12.8 Å². The second kappa shape index (κ2) is 8.03. The van der Waals surface area contributed by atoms with Crippen LogP contribution in [-0.2, 0) is 9.53 Å². The minimum Gasteiger partial charge on any atom is -0.490 e. The van der Waals surface area contributed by atoms with Gasteiger partial charge < -0.3 is 14.8 Å². The van der Waals surface area contributed by atoms with Crippen LogP contribution in [0.1, 0.15) is 31.7 Å². The van der Waals surface area contributed by atoms with E-state index in [9.17, 15) is 4.79 Å². The quantitative estimate of drug-likeness (QED) is 0.591. The fraction of sp³-hybridized carbons (Fsp3) is 0.588. The summed E-state index contributed by atoms with van der Waals surface area (Å²) in [5.74, 6) is 1.49. The van der Waals surface area contributed by atoms with Crippen molar-refractivity contribution in [2.75, 3.05) is 19.7 Å². The van der Waals surface area contributed by atoms with Crippen LogP contribution in [0.25, 0.3) is 0 Å². The van der Waals surface area contributed by atoms with Crippen molar-refractivity contribution in [3.63, 3.8) is 0 Å². The van der Waals surface area contributed by atoms with Crippen molar-refractivity contribution in [2.24, 2.45) is 5.92 Å². The maximum absolute atomic E-state index is 11.2. The Morgan fingerprint density at radius 2 is 2.00 bits per heavy atom. The molecule has 0 amide bonds. The first-order valence-electron chi connectivity index (χ1n) is 7.77. The molecule has 4 nitrogen and oxygen atoms in total. The third kappa shape index (κ3) is 5.38. The largest absolute Gasteiger partial charge is 0.490 e. The molecular weight excluding hydrogens is 266 g/mol. The molecule has 0 aliphatic heterocycles. The third-order valence-electron chi connectivity index (χ3n) is 3.76. The zero-order valence-corrected chi connectivity index (χ0v) is 12.9. The standard InChI is InChI=1S/C17H25NO3/c1-3-20-17(19)8-9-18-12-14-10-16(11-14)21-15-6-4-13(2)5-7-15/h4-7,14,16,18H,3,8-12H2,1-2H3/t14-,16-. The topological polar surface area (TPSA) is 47.6 Å². The summed E-state index contributed by atoms with van der Waals surface area (Å²) in [5.41, 5.74) is 1.25. The number of aryl methyl sites for hydroxylation is 1. The number of hydrogen-bond donors (Lipinski definition) is 1.